The van der Waals surface area contributed by atoms with Crippen molar-refractivity contribution in [3.8, 4) is 0 Å². The molecular weight excluding hydrogens is 269 g/mol. The van der Waals surface area contributed by atoms with Gasteiger partial charge in [-0.3, -0.25) is 0 Å². The molecule has 0 unspecified atom stereocenters. The largest absolute Gasteiger partial charge is 0.462 e. The predicted octanol–water partition coefficient (Wildman–Crippen LogP) is 3.98. The summed E-state index contributed by atoms with van der Waals surface area (Å²) < 4.78 is 42.0. The number of alkyl halides is 3. The van der Waals surface area contributed by atoms with Gasteiger partial charge in [0, 0.05) is 12.0 Å². The first kappa shape index (κ1) is 14.4. The molecule has 0 atom stereocenters. The van der Waals surface area contributed by atoms with Crippen molar-refractivity contribution < 1.29 is 22.7 Å². The first-order valence-corrected chi connectivity index (χ1v) is 6.10. The first-order valence-electron chi connectivity index (χ1n) is 6.10. The second kappa shape index (κ2) is 5.53. The van der Waals surface area contributed by atoms with E-state index in [1.54, 1.807) is 19.1 Å². The van der Waals surface area contributed by atoms with E-state index < -0.39 is 11.7 Å². The zero-order valence-corrected chi connectivity index (χ0v) is 10.8. The Bertz CT molecular complexity index is 566. The lowest BCUT2D eigenvalue weighted by Crippen LogP contribution is -2.03. The van der Waals surface area contributed by atoms with Gasteiger partial charge >= 0.3 is 12.1 Å². The van der Waals surface area contributed by atoms with Crippen LogP contribution in [0.5, 0.6) is 0 Å². The third-order valence-corrected chi connectivity index (χ3v) is 3.07. The van der Waals surface area contributed by atoms with Crippen molar-refractivity contribution in [2.75, 3.05) is 6.61 Å². The highest BCUT2D eigenvalue weighted by Gasteiger charge is 2.29. The van der Waals surface area contributed by atoms with Crippen LogP contribution in [-0.4, -0.2) is 12.6 Å². The molecule has 0 saturated carbocycles. The highest BCUT2D eigenvalue weighted by molar-refractivity contribution is 5.91. The Kier molecular flexibility index (Phi) is 3.97. The van der Waals surface area contributed by atoms with Crippen LogP contribution in [0.15, 0.2) is 41.5 Å². The van der Waals surface area contributed by atoms with E-state index in [4.69, 9.17) is 4.74 Å². The third kappa shape index (κ3) is 3.29. The minimum Gasteiger partial charge on any atom is -0.462 e. The maximum atomic E-state index is 12.4. The summed E-state index contributed by atoms with van der Waals surface area (Å²) in [4.78, 5) is 11.3. The molecule has 1 aliphatic rings. The molecule has 20 heavy (non-hydrogen) atoms. The zero-order chi connectivity index (χ0) is 14.8. The molecular formula is C15H13F3O2. The number of cyclic esters (lactones) is 1. The molecule has 1 aromatic carbocycles. The van der Waals surface area contributed by atoms with Crippen LogP contribution in [0.4, 0.5) is 13.2 Å². The Morgan fingerprint density at radius 2 is 1.90 bits per heavy atom. The van der Waals surface area contributed by atoms with Crippen LogP contribution in [-0.2, 0) is 15.7 Å². The van der Waals surface area contributed by atoms with Crippen LogP contribution >= 0.6 is 0 Å². The van der Waals surface area contributed by atoms with Crippen molar-refractivity contribution in [3.05, 3.63) is 52.6 Å². The van der Waals surface area contributed by atoms with Crippen molar-refractivity contribution >= 4 is 12.0 Å². The Morgan fingerprint density at radius 1 is 1.25 bits per heavy atom. The number of carbonyl (C=O) groups excluding carboxylic acids is 1. The molecule has 2 nitrogen and oxygen atoms in total. The van der Waals surface area contributed by atoms with E-state index in [1.165, 1.54) is 12.1 Å². The third-order valence-electron chi connectivity index (χ3n) is 3.07. The summed E-state index contributed by atoms with van der Waals surface area (Å²) in [6.07, 6.45) is -0.367. The molecule has 0 amide bonds. The van der Waals surface area contributed by atoms with Gasteiger partial charge in [-0.15, -0.1) is 0 Å². The summed E-state index contributed by atoms with van der Waals surface area (Å²) in [5.74, 6) is -0.320. The summed E-state index contributed by atoms with van der Waals surface area (Å²) in [6.45, 7) is 2.17. The summed E-state index contributed by atoms with van der Waals surface area (Å²) in [7, 11) is 0. The van der Waals surface area contributed by atoms with E-state index in [0.29, 0.717) is 24.2 Å². The van der Waals surface area contributed by atoms with Crippen molar-refractivity contribution in [2.24, 2.45) is 0 Å². The number of allylic oxidation sites excluding steroid dienone is 2. The molecule has 5 heteroatoms. The van der Waals surface area contributed by atoms with E-state index in [-0.39, 0.29) is 5.97 Å². The maximum absolute atomic E-state index is 12.4. The van der Waals surface area contributed by atoms with E-state index >= 15 is 0 Å². The van der Waals surface area contributed by atoms with Gasteiger partial charge in [0.25, 0.3) is 0 Å². The van der Waals surface area contributed by atoms with E-state index in [1.807, 2.05) is 0 Å². The van der Waals surface area contributed by atoms with E-state index in [0.717, 1.165) is 17.7 Å². The first-order chi connectivity index (χ1) is 9.38. The smallest absolute Gasteiger partial charge is 0.416 e. The minimum atomic E-state index is -4.33. The Labute approximate surface area is 114 Å². The standard InChI is InChI=1S/C15H13F3O2/c1-10(13-8-9-20-14(13)19)2-3-11-4-6-12(7-5-11)15(16,17)18/h2-7H,8-9H2,1H3/b3-2-,13-10-. The summed E-state index contributed by atoms with van der Waals surface area (Å²) in [5, 5.41) is 0. The van der Waals surface area contributed by atoms with Gasteiger partial charge in [-0.25, -0.2) is 4.79 Å². The molecule has 1 fully saturated rings. The zero-order valence-electron chi connectivity index (χ0n) is 10.8. The lowest BCUT2D eigenvalue weighted by Gasteiger charge is -2.06. The van der Waals surface area contributed by atoms with Crippen molar-refractivity contribution in [2.45, 2.75) is 19.5 Å². The predicted molar refractivity (Wildman–Crippen MR) is 68.8 cm³/mol. The monoisotopic (exact) mass is 282 g/mol. The molecule has 1 saturated heterocycles. The Morgan fingerprint density at radius 3 is 2.40 bits per heavy atom. The maximum Gasteiger partial charge on any atom is 0.416 e. The molecule has 2 rings (SSSR count). The average molecular weight is 282 g/mol. The number of carbonyl (C=O) groups is 1. The highest BCUT2D eigenvalue weighted by atomic mass is 19.4. The Balaban J connectivity index is 2.14. The number of esters is 1. The molecule has 0 bridgehead atoms. The Hall–Kier alpha value is -2.04. The molecule has 0 spiro atoms. The second-order valence-corrected chi connectivity index (χ2v) is 4.50. The van der Waals surface area contributed by atoms with Crippen molar-refractivity contribution in [3.63, 3.8) is 0 Å². The van der Waals surface area contributed by atoms with Crippen LogP contribution in [0.2, 0.25) is 0 Å². The molecule has 1 aliphatic heterocycles. The van der Waals surface area contributed by atoms with Gasteiger partial charge in [-0.2, -0.15) is 13.2 Å². The molecule has 0 aromatic heterocycles. The van der Waals surface area contributed by atoms with Gasteiger partial charge < -0.3 is 4.74 Å². The van der Waals surface area contributed by atoms with Crippen molar-refractivity contribution in [1.29, 1.82) is 0 Å². The normalized spacial score (nSPS) is 18.5. The van der Waals surface area contributed by atoms with Crippen LogP contribution in [0.3, 0.4) is 0 Å². The lowest BCUT2D eigenvalue weighted by molar-refractivity contribution is -0.137. The van der Waals surface area contributed by atoms with Gasteiger partial charge in [0.05, 0.1) is 12.2 Å². The molecule has 0 aliphatic carbocycles. The van der Waals surface area contributed by atoms with E-state index in [9.17, 15) is 18.0 Å². The van der Waals surface area contributed by atoms with Gasteiger partial charge in [-0.05, 0) is 30.2 Å². The minimum absolute atomic E-state index is 0.320. The van der Waals surface area contributed by atoms with Gasteiger partial charge in [-0.1, -0.05) is 24.3 Å². The van der Waals surface area contributed by atoms with Crippen LogP contribution < -0.4 is 0 Å². The fourth-order valence-electron chi connectivity index (χ4n) is 1.90. The quantitative estimate of drug-likeness (QED) is 0.605. The van der Waals surface area contributed by atoms with Gasteiger partial charge in [0.15, 0.2) is 0 Å². The fourth-order valence-corrected chi connectivity index (χ4v) is 1.90. The SMILES string of the molecule is CC(/C=C\c1ccc(C(F)(F)F)cc1)=C1\CCOC1=O. The number of hydrogen-bond acceptors (Lipinski definition) is 2. The molecule has 1 aromatic rings. The lowest BCUT2D eigenvalue weighted by atomic mass is 10.1. The van der Waals surface area contributed by atoms with Gasteiger partial charge in [0.2, 0.25) is 0 Å². The second-order valence-electron chi connectivity index (χ2n) is 4.50. The van der Waals surface area contributed by atoms with Crippen molar-refractivity contribution in [1.82, 2.24) is 0 Å². The topological polar surface area (TPSA) is 26.3 Å². The van der Waals surface area contributed by atoms with Crippen LogP contribution in [0.1, 0.15) is 24.5 Å². The fraction of sp³-hybridized carbons (Fsp3) is 0.267. The molecule has 1 heterocycles. The van der Waals surface area contributed by atoms with E-state index in [2.05, 4.69) is 0 Å². The average Bonchev–Trinajstić information content (AvgIpc) is 2.82. The summed E-state index contributed by atoms with van der Waals surface area (Å²) >= 11 is 0. The molecule has 0 N–H and O–H groups in total. The number of rotatable bonds is 2. The highest BCUT2D eigenvalue weighted by Crippen LogP contribution is 2.29. The summed E-state index contributed by atoms with van der Waals surface area (Å²) in [5.41, 5.74) is 1.36. The number of benzene rings is 1. The molecule has 0 radical (unpaired) electrons. The molecule has 106 valence electrons. The number of halogens is 3. The number of ether oxygens (including phenoxy) is 1. The van der Waals surface area contributed by atoms with Crippen LogP contribution in [0, 0.1) is 0 Å². The van der Waals surface area contributed by atoms with Crippen LogP contribution in [0.25, 0.3) is 6.08 Å². The number of hydrogen-bond donors (Lipinski definition) is 0. The summed E-state index contributed by atoms with van der Waals surface area (Å²) in [6, 6.07) is 4.85. The van der Waals surface area contributed by atoms with Gasteiger partial charge in [0.1, 0.15) is 0 Å².